The minimum absolute atomic E-state index is 0.0999. The molecule has 0 aliphatic carbocycles. The maximum absolute atomic E-state index is 12.7. The molecule has 0 saturated heterocycles. The van der Waals surface area contributed by atoms with Gasteiger partial charge in [0, 0.05) is 21.4 Å². The van der Waals surface area contributed by atoms with Gasteiger partial charge in [-0.1, -0.05) is 31.2 Å². The van der Waals surface area contributed by atoms with Gasteiger partial charge in [0.1, 0.15) is 0 Å². The molecule has 1 aliphatic heterocycles. The lowest BCUT2D eigenvalue weighted by Crippen LogP contribution is -2.36. The number of carbonyl (C=O) groups is 1. The fraction of sp³-hybridized carbons (Fsp3) is 0.235. The van der Waals surface area contributed by atoms with Gasteiger partial charge >= 0.3 is 0 Å². The second-order valence-corrected chi connectivity index (χ2v) is 6.46. The molecule has 1 amide bonds. The molecule has 0 bridgehead atoms. The number of benzene rings is 2. The zero-order valence-corrected chi connectivity index (χ0v) is 13.5. The lowest BCUT2D eigenvalue weighted by Gasteiger charge is -2.33. The van der Waals surface area contributed by atoms with Gasteiger partial charge in [-0.3, -0.25) is 4.79 Å². The van der Waals surface area contributed by atoms with Crippen LogP contribution in [0.5, 0.6) is 0 Å². The van der Waals surface area contributed by atoms with E-state index in [2.05, 4.69) is 47.7 Å². The summed E-state index contributed by atoms with van der Waals surface area (Å²) in [6.07, 6.45) is 1.02. The molecule has 0 radical (unpaired) electrons. The van der Waals surface area contributed by atoms with Crippen LogP contribution in [0.25, 0.3) is 0 Å². The summed E-state index contributed by atoms with van der Waals surface area (Å²) >= 11 is 2.24. The van der Waals surface area contributed by atoms with Crippen molar-refractivity contribution in [1.29, 1.82) is 0 Å². The first-order valence-corrected chi connectivity index (χ1v) is 7.91. The first-order valence-electron chi connectivity index (χ1n) is 6.83. The lowest BCUT2D eigenvalue weighted by atomic mass is 9.91. The summed E-state index contributed by atoms with van der Waals surface area (Å²) in [5.41, 5.74) is 3.11. The number of anilines is 1. The molecule has 2 aromatic rings. The van der Waals surface area contributed by atoms with Crippen LogP contribution >= 0.6 is 22.6 Å². The molecule has 1 aliphatic rings. The highest BCUT2D eigenvalue weighted by Gasteiger charge is 2.26. The van der Waals surface area contributed by atoms with Crippen molar-refractivity contribution >= 4 is 34.2 Å². The standard InChI is InChI=1S/C17H16INO/c1-12-9-10-19(16-8-3-2-7-15(12)16)17(20)13-5-4-6-14(18)11-13/h2-8,11-12H,9-10H2,1H3. The van der Waals surface area contributed by atoms with Crippen molar-refractivity contribution in [2.75, 3.05) is 11.4 Å². The molecule has 0 aromatic heterocycles. The SMILES string of the molecule is CC1CCN(C(=O)c2cccc(I)c2)c2ccccc21. The Morgan fingerprint density at radius 3 is 2.80 bits per heavy atom. The normalized spacial score (nSPS) is 17.7. The number of carbonyl (C=O) groups excluding carboxylic acids is 1. The summed E-state index contributed by atoms with van der Waals surface area (Å²) < 4.78 is 1.09. The number of fused-ring (bicyclic) bond motifs is 1. The molecule has 0 fully saturated rings. The van der Waals surface area contributed by atoms with Gasteiger partial charge in [0.2, 0.25) is 0 Å². The van der Waals surface area contributed by atoms with E-state index in [1.54, 1.807) is 0 Å². The highest BCUT2D eigenvalue weighted by atomic mass is 127. The van der Waals surface area contributed by atoms with Crippen molar-refractivity contribution in [3.8, 4) is 0 Å². The number of rotatable bonds is 1. The number of hydrogen-bond donors (Lipinski definition) is 0. The van der Waals surface area contributed by atoms with Crippen LogP contribution in [0.15, 0.2) is 48.5 Å². The van der Waals surface area contributed by atoms with Crippen LogP contribution in [0.2, 0.25) is 0 Å². The van der Waals surface area contributed by atoms with E-state index in [0.717, 1.165) is 27.8 Å². The number of hydrogen-bond acceptors (Lipinski definition) is 1. The topological polar surface area (TPSA) is 20.3 Å². The Balaban J connectivity index is 1.99. The monoisotopic (exact) mass is 377 g/mol. The first-order chi connectivity index (χ1) is 9.66. The Bertz CT molecular complexity index is 653. The molecule has 0 saturated carbocycles. The van der Waals surface area contributed by atoms with Crippen molar-refractivity contribution < 1.29 is 4.79 Å². The minimum Gasteiger partial charge on any atom is -0.308 e. The molecule has 1 atom stereocenters. The van der Waals surface area contributed by atoms with Crippen LogP contribution < -0.4 is 4.90 Å². The van der Waals surface area contributed by atoms with Crippen LogP contribution in [-0.4, -0.2) is 12.5 Å². The highest BCUT2D eigenvalue weighted by Crippen LogP contribution is 2.35. The van der Waals surface area contributed by atoms with Gasteiger partial charge in [-0.2, -0.15) is 0 Å². The Kier molecular flexibility index (Phi) is 3.78. The Labute approximate surface area is 132 Å². The molecular formula is C17H16INO. The molecule has 0 spiro atoms. The Morgan fingerprint density at radius 2 is 2.00 bits per heavy atom. The first kappa shape index (κ1) is 13.6. The fourth-order valence-electron chi connectivity index (χ4n) is 2.74. The van der Waals surface area contributed by atoms with Gasteiger partial charge in [0.05, 0.1) is 0 Å². The second kappa shape index (κ2) is 5.56. The predicted molar refractivity (Wildman–Crippen MR) is 90.3 cm³/mol. The van der Waals surface area contributed by atoms with Crippen LogP contribution in [0.4, 0.5) is 5.69 Å². The third-order valence-electron chi connectivity index (χ3n) is 3.86. The molecule has 1 heterocycles. The average molecular weight is 377 g/mol. The summed E-state index contributed by atoms with van der Waals surface area (Å²) in [5.74, 6) is 0.619. The number of para-hydroxylation sites is 1. The largest absolute Gasteiger partial charge is 0.308 e. The Hall–Kier alpha value is -1.36. The zero-order valence-electron chi connectivity index (χ0n) is 11.3. The molecule has 3 heteroatoms. The summed E-state index contributed by atoms with van der Waals surface area (Å²) in [6, 6.07) is 16.0. The van der Waals surface area contributed by atoms with Gasteiger partial charge < -0.3 is 4.90 Å². The van der Waals surface area contributed by atoms with Crippen molar-refractivity contribution in [1.82, 2.24) is 0 Å². The summed E-state index contributed by atoms with van der Waals surface area (Å²) in [7, 11) is 0. The average Bonchev–Trinajstić information content (AvgIpc) is 2.47. The number of amides is 1. The van der Waals surface area contributed by atoms with Gasteiger partial charge in [0.25, 0.3) is 5.91 Å². The van der Waals surface area contributed by atoms with E-state index in [1.807, 2.05) is 35.2 Å². The molecule has 20 heavy (non-hydrogen) atoms. The van der Waals surface area contributed by atoms with Crippen LogP contribution in [-0.2, 0) is 0 Å². The number of nitrogens with zero attached hydrogens (tertiary/aromatic N) is 1. The van der Waals surface area contributed by atoms with Gasteiger partial charge in [-0.15, -0.1) is 0 Å². The highest BCUT2D eigenvalue weighted by molar-refractivity contribution is 14.1. The summed E-state index contributed by atoms with van der Waals surface area (Å²) in [6.45, 7) is 3.02. The lowest BCUT2D eigenvalue weighted by molar-refractivity contribution is 0.0984. The van der Waals surface area contributed by atoms with Crippen LogP contribution in [0.3, 0.4) is 0 Å². The van der Waals surface area contributed by atoms with E-state index in [9.17, 15) is 4.79 Å². The third kappa shape index (κ3) is 2.46. The van der Waals surface area contributed by atoms with Crippen molar-refractivity contribution in [2.24, 2.45) is 0 Å². The van der Waals surface area contributed by atoms with E-state index < -0.39 is 0 Å². The quantitative estimate of drug-likeness (QED) is 0.673. The molecule has 0 N–H and O–H groups in total. The van der Waals surface area contributed by atoms with Crippen LogP contribution in [0.1, 0.15) is 35.2 Å². The molecule has 3 rings (SSSR count). The maximum atomic E-state index is 12.7. The molecule has 102 valence electrons. The van der Waals surface area contributed by atoms with E-state index in [-0.39, 0.29) is 5.91 Å². The fourth-order valence-corrected chi connectivity index (χ4v) is 3.28. The van der Waals surface area contributed by atoms with Crippen molar-refractivity contribution in [3.05, 3.63) is 63.2 Å². The summed E-state index contributed by atoms with van der Waals surface area (Å²) in [4.78, 5) is 14.7. The summed E-state index contributed by atoms with van der Waals surface area (Å²) in [5, 5.41) is 0. The van der Waals surface area contributed by atoms with E-state index in [4.69, 9.17) is 0 Å². The van der Waals surface area contributed by atoms with E-state index >= 15 is 0 Å². The number of halogens is 1. The van der Waals surface area contributed by atoms with Gasteiger partial charge in [0.15, 0.2) is 0 Å². The maximum Gasteiger partial charge on any atom is 0.258 e. The molecular weight excluding hydrogens is 361 g/mol. The molecule has 1 unspecified atom stereocenters. The smallest absolute Gasteiger partial charge is 0.258 e. The van der Waals surface area contributed by atoms with E-state index in [1.165, 1.54) is 5.56 Å². The second-order valence-electron chi connectivity index (χ2n) is 5.22. The van der Waals surface area contributed by atoms with Gasteiger partial charge in [-0.25, -0.2) is 0 Å². The van der Waals surface area contributed by atoms with Gasteiger partial charge in [-0.05, 0) is 64.8 Å². The third-order valence-corrected chi connectivity index (χ3v) is 4.53. The zero-order chi connectivity index (χ0) is 14.1. The predicted octanol–water partition coefficient (Wildman–Crippen LogP) is 4.45. The molecule has 2 aromatic carbocycles. The van der Waals surface area contributed by atoms with E-state index in [0.29, 0.717) is 5.92 Å². The minimum atomic E-state index is 0.0999. The molecule has 2 nitrogen and oxygen atoms in total. The van der Waals surface area contributed by atoms with Crippen LogP contribution in [0, 0.1) is 3.57 Å². The van der Waals surface area contributed by atoms with Crippen molar-refractivity contribution in [3.63, 3.8) is 0 Å². The Morgan fingerprint density at radius 1 is 1.20 bits per heavy atom. The van der Waals surface area contributed by atoms with Crippen molar-refractivity contribution in [2.45, 2.75) is 19.3 Å².